The predicted octanol–water partition coefficient (Wildman–Crippen LogP) is 1.27. The van der Waals surface area contributed by atoms with Crippen LogP contribution in [0.15, 0.2) is 0 Å². The molecule has 0 saturated carbocycles. The number of carbonyl (C=O) groups is 1. The van der Waals surface area contributed by atoms with Crippen molar-refractivity contribution in [3.8, 4) is 0 Å². The average Bonchev–Trinajstić information content (AvgIpc) is 2.53. The minimum atomic E-state index is -0.0922. The Balaban J connectivity index is 2.43. The molecule has 94 valence electrons. The molecular formula is C12H25N3O. The van der Waals surface area contributed by atoms with Gasteiger partial charge in [0.1, 0.15) is 0 Å². The van der Waals surface area contributed by atoms with Crippen molar-refractivity contribution in [1.82, 2.24) is 10.3 Å². The first kappa shape index (κ1) is 13.5. The van der Waals surface area contributed by atoms with Gasteiger partial charge in [-0.15, -0.1) is 0 Å². The second kappa shape index (κ2) is 6.86. The van der Waals surface area contributed by atoms with Gasteiger partial charge in [-0.25, -0.2) is 5.84 Å². The zero-order valence-corrected chi connectivity index (χ0v) is 10.5. The van der Waals surface area contributed by atoms with Crippen LogP contribution in [0.4, 0.5) is 0 Å². The van der Waals surface area contributed by atoms with Crippen LogP contribution in [0.2, 0.25) is 0 Å². The Labute approximate surface area is 98.5 Å². The first-order valence-electron chi connectivity index (χ1n) is 6.43. The van der Waals surface area contributed by atoms with Crippen LogP contribution in [0.1, 0.15) is 46.0 Å². The molecule has 0 bridgehead atoms. The third-order valence-electron chi connectivity index (χ3n) is 3.65. The Kier molecular flexibility index (Phi) is 5.77. The number of likely N-dealkylation sites (tertiary alicyclic amines) is 1. The number of carbonyl (C=O) groups excluding carboxylic acids is 1. The van der Waals surface area contributed by atoms with Crippen molar-refractivity contribution in [1.29, 1.82) is 0 Å². The zero-order chi connectivity index (χ0) is 12.0. The number of hydrogen-bond donors (Lipinski definition) is 2. The van der Waals surface area contributed by atoms with Gasteiger partial charge in [-0.05, 0) is 45.2 Å². The largest absolute Gasteiger partial charge is 0.293 e. The molecule has 4 nitrogen and oxygen atoms in total. The molecule has 0 aromatic carbocycles. The number of hydrazine groups is 1. The summed E-state index contributed by atoms with van der Waals surface area (Å²) in [7, 11) is 0. The van der Waals surface area contributed by atoms with Crippen LogP contribution in [0.3, 0.4) is 0 Å². The van der Waals surface area contributed by atoms with E-state index in [9.17, 15) is 4.79 Å². The lowest BCUT2D eigenvalue weighted by atomic mass is 9.96. The molecule has 1 aliphatic rings. The van der Waals surface area contributed by atoms with E-state index in [1.807, 2.05) is 6.92 Å². The van der Waals surface area contributed by atoms with E-state index in [4.69, 9.17) is 5.84 Å². The fourth-order valence-electron chi connectivity index (χ4n) is 2.56. The van der Waals surface area contributed by atoms with E-state index in [2.05, 4.69) is 17.2 Å². The molecule has 2 atom stereocenters. The molecule has 1 aliphatic heterocycles. The summed E-state index contributed by atoms with van der Waals surface area (Å²) in [5.41, 5.74) is 2.24. The highest BCUT2D eigenvalue weighted by molar-refractivity contribution is 5.80. The number of rotatable bonds is 4. The van der Waals surface area contributed by atoms with Crippen LogP contribution < -0.4 is 11.3 Å². The van der Waals surface area contributed by atoms with Crippen LogP contribution in [-0.2, 0) is 4.79 Å². The first-order valence-corrected chi connectivity index (χ1v) is 6.43. The van der Waals surface area contributed by atoms with Gasteiger partial charge in [-0.3, -0.25) is 15.1 Å². The van der Waals surface area contributed by atoms with Crippen molar-refractivity contribution < 1.29 is 4.79 Å². The molecule has 1 rings (SSSR count). The van der Waals surface area contributed by atoms with Gasteiger partial charge < -0.3 is 0 Å². The monoisotopic (exact) mass is 227 g/mol. The normalized spacial score (nSPS) is 24.8. The number of nitrogens with one attached hydrogen (secondary N) is 1. The molecule has 2 unspecified atom stereocenters. The van der Waals surface area contributed by atoms with Crippen LogP contribution in [0.25, 0.3) is 0 Å². The van der Waals surface area contributed by atoms with Gasteiger partial charge in [0, 0.05) is 0 Å². The Morgan fingerprint density at radius 3 is 2.88 bits per heavy atom. The molecule has 0 aromatic rings. The molecule has 1 saturated heterocycles. The van der Waals surface area contributed by atoms with E-state index >= 15 is 0 Å². The van der Waals surface area contributed by atoms with Crippen molar-refractivity contribution in [2.45, 2.75) is 52.0 Å². The van der Waals surface area contributed by atoms with E-state index in [0.717, 1.165) is 19.0 Å². The molecule has 1 amide bonds. The SMILES string of the molecule is CCCC1CCCN(C(C)C(=O)NN)CC1. The minimum Gasteiger partial charge on any atom is -0.293 e. The molecule has 0 aliphatic carbocycles. The van der Waals surface area contributed by atoms with E-state index in [0.29, 0.717) is 0 Å². The fraction of sp³-hybridized carbons (Fsp3) is 0.917. The maximum absolute atomic E-state index is 11.5. The second-order valence-electron chi connectivity index (χ2n) is 4.81. The quantitative estimate of drug-likeness (QED) is 0.432. The highest BCUT2D eigenvalue weighted by Crippen LogP contribution is 2.22. The van der Waals surface area contributed by atoms with E-state index in [1.165, 1.54) is 32.1 Å². The zero-order valence-electron chi connectivity index (χ0n) is 10.5. The molecule has 0 radical (unpaired) electrons. The lowest BCUT2D eigenvalue weighted by molar-refractivity contribution is -0.125. The van der Waals surface area contributed by atoms with Crippen LogP contribution in [0.5, 0.6) is 0 Å². The molecule has 3 N–H and O–H groups in total. The van der Waals surface area contributed by atoms with Gasteiger partial charge in [0.15, 0.2) is 0 Å². The Hall–Kier alpha value is -0.610. The molecule has 4 heteroatoms. The maximum Gasteiger partial charge on any atom is 0.250 e. The van der Waals surface area contributed by atoms with Crippen LogP contribution >= 0.6 is 0 Å². The Bertz CT molecular complexity index is 220. The summed E-state index contributed by atoms with van der Waals surface area (Å²) >= 11 is 0. The fourth-order valence-corrected chi connectivity index (χ4v) is 2.56. The lowest BCUT2D eigenvalue weighted by Gasteiger charge is -2.26. The third-order valence-corrected chi connectivity index (χ3v) is 3.65. The number of nitrogens with zero attached hydrogens (tertiary/aromatic N) is 1. The molecular weight excluding hydrogens is 202 g/mol. The smallest absolute Gasteiger partial charge is 0.250 e. The van der Waals surface area contributed by atoms with E-state index < -0.39 is 0 Å². The standard InChI is InChI=1S/C12H25N3O/c1-3-5-11-6-4-8-15(9-7-11)10(2)12(16)14-13/h10-11H,3-9,13H2,1-2H3,(H,14,16). The minimum absolute atomic E-state index is 0.0751. The van der Waals surface area contributed by atoms with Gasteiger partial charge in [0.2, 0.25) is 0 Å². The second-order valence-corrected chi connectivity index (χ2v) is 4.81. The summed E-state index contributed by atoms with van der Waals surface area (Å²) in [6.07, 6.45) is 6.32. The van der Waals surface area contributed by atoms with Gasteiger partial charge in [-0.2, -0.15) is 0 Å². The predicted molar refractivity (Wildman–Crippen MR) is 65.6 cm³/mol. The van der Waals surface area contributed by atoms with Crippen molar-refractivity contribution >= 4 is 5.91 Å². The average molecular weight is 227 g/mol. The summed E-state index contributed by atoms with van der Waals surface area (Å²) in [5, 5.41) is 0. The number of amides is 1. The van der Waals surface area contributed by atoms with Crippen molar-refractivity contribution in [3.05, 3.63) is 0 Å². The van der Waals surface area contributed by atoms with Gasteiger partial charge in [0.05, 0.1) is 6.04 Å². The van der Waals surface area contributed by atoms with E-state index in [-0.39, 0.29) is 11.9 Å². The van der Waals surface area contributed by atoms with Gasteiger partial charge in [-0.1, -0.05) is 19.8 Å². The topological polar surface area (TPSA) is 58.4 Å². The van der Waals surface area contributed by atoms with Crippen molar-refractivity contribution in [2.24, 2.45) is 11.8 Å². The van der Waals surface area contributed by atoms with Gasteiger partial charge in [0.25, 0.3) is 5.91 Å². The summed E-state index contributed by atoms with van der Waals surface area (Å²) in [4.78, 5) is 13.7. The van der Waals surface area contributed by atoms with Crippen LogP contribution in [0, 0.1) is 5.92 Å². The highest BCUT2D eigenvalue weighted by Gasteiger charge is 2.23. The van der Waals surface area contributed by atoms with Crippen LogP contribution in [-0.4, -0.2) is 29.9 Å². The maximum atomic E-state index is 11.5. The number of nitrogens with two attached hydrogens (primary N) is 1. The van der Waals surface area contributed by atoms with Gasteiger partial charge >= 0.3 is 0 Å². The Morgan fingerprint density at radius 1 is 1.50 bits per heavy atom. The van der Waals surface area contributed by atoms with Crippen molar-refractivity contribution in [3.63, 3.8) is 0 Å². The summed E-state index contributed by atoms with van der Waals surface area (Å²) < 4.78 is 0. The molecule has 0 spiro atoms. The molecule has 16 heavy (non-hydrogen) atoms. The third kappa shape index (κ3) is 3.76. The van der Waals surface area contributed by atoms with E-state index in [1.54, 1.807) is 0 Å². The summed E-state index contributed by atoms with van der Waals surface area (Å²) in [6, 6.07) is -0.0922. The van der Waals surface area contributed by atoms with Crippen molar-refractivity contribution in [2.75, 3.05) is 13.1 Å². The molecule has 0 aromatic heterocycles. The number of hydrogen-bond acceptors (Lipinski definition) is 3. The lowest BCUT2D eigenvalue weighted by Crippen LogP contribution is -2.47. The summed E-state index contributed by atoms with van der Waals surface area (Å²) in [5.74, 6) is 5.94. The summed E-state index contributed by atoms with van der Waals surface area (Å²) in [6.45, 7) is 6.23. The Morgan fingerprint density at radius 2 is 2.25 bits per heavy atom. The first-order chi connectivity index (χ1) is 7.69. The molecule has 1 heterocycles. The highest BCUT2D eigenvalue weighted by atomic mass is 16.2. The molecule has 1 fully saturated rings.